The highest BCUT2D eigenvalue weighted by atomic mass is 35.5. The maximum atomic E-state index is 8.31. The monoisotopic (exact) mass is 160 g/mol. The van der Waals surface area contributed by atoms with E-state index < -0.39 is 5.38 Å². The number of alkyl halides is 1. The van der Waals surface area contributed by atoms with Crippen molar-refractivity contribution in [2.75, 3.05) is 6.54 Å². The molecule has 0 rings (SSSR count). The van der Waals surface area contributed by atoms with Gasteiger partial charge in [0.15, 0.2) is 0 Å². The summed E-state index contributed by atoms with van der Waals surface area (Å²) in [5, 5.41) is 11.0. The van der Waals surface area contributed by atoms with Crippen molar-refractivity contribution < 1.29 is 0 Å². The van der Waals surface area contributed by atoms with Crippen molar-refractivity contribution in [1.82, 2.24) is 5.32 Å². The van der Waals surface area contributed by atoms with E-state index in [2.05, 4.69) is 5.32 Å². The van der Waals surface area contributed by atoms with Gasteiger partial charge in [0.05, 0.1) is 6.07 Å². The third kappa shape index (κ3) is 5.87. The molecule has 58 valence electrons. The summed E-state index contributed by atoms with van der Waals surface area (Å²) in [6.45, 7) is 6.65. The molecule has 0 amide bonds. The topological polar surface area (TPSA) is 35.8 Å². The molecule has 1 unspecified atom stereocenters. The molecule has 0 radical (unpaired) electrons. The number of nitrogens with one attached hydrogen (secondary N) is 1. The number of rotatable bonds is 2. The van der Waals surface area contributed by atoms with Crippen LogP contribution in [-0.2, 0) is 0 Å². The van der Waals surface area contributed by atoms with Crippen LogP contribution < -0.4 is 5.32 Å². The second-order valence-corrected chi connectivity index (χ2v) is 3.75. The van der Waals surface area contributed by atoms with Gasteiger partial charge in [-0.2, -0.15) is 5.26 Å². The summed E-state index contributed by atoms with van der Waals surface area (Å²) < 4.78 is 0. The quantitative estimate of drug-likeness (QED) is 0.622. The maximum Gasteiger partial charge on any atom is 0.132 e. The number of nitriles is 1. The van der Waals surface area contributed by atoms with Crippen molar-refractivity contribution in [3.05, 3.63) is 0 Å². The van der Waals surface area contributed by atoms with Crippen LogP contribution in [0.3, 0.4) is 0 Å². The van der Waals surface area contributed by atoms with Crippen molar-refractivity contribution in [3.8, 4) is 6.07 Å². The van der Waals surface area contributed by atoms with Gasteiger partial charge in [-0.05, 0) is 20.8 Å². The second-order valence-electron chi connectivity index (χ2n) is 3.23. The Hall–Kier alpha value is -0.260. The van der Waals surface area contributed by atoms with Crippen LogP contribution >= 0.6 is 11.6 Å². The van der Waals surface area contributed by atoms with Crippen molar-refractivity contribution in [2.24, 2.45) is 0 Å². The average Bonchev–Trinajstić information content (AvgIpc) is 1.81. The van der Waals surface area contributed by atoms with E-state index in [1.54, 1.807) is 0 Å². The summed E-state index contributed by atoms with van der Waals surface area (Å²) in [5.41, 5.74) is 0.0456. The van der Waals surface area contributed by atoms with Crippen LogP contribution in [0.5, 0.6) is 0 Å². The Bertz CT molecular complexity index is 132. The van der Waals surface area contributed by atoms with Crippen LogP contribution in [0.25, 0.3) is 0 Å². The van der Waals surface area contributed by atoms with E-state index in [-0.39, 0.29) is 5.54 Å². The van der Waals surface area contributed by atoms with Crippen molar-refractivity contribution >= 4 is 11.6 Å². The SMILES string of the molecule is CC(C)(C)NCC(Cl)C#N. The number of nitrogens with zero attached hydrogens (tertiary/aromatic N) is 1. The molecule has 0 aromatic carbocycles. The lowest BCUT2D eigenvalue weighted by molar-refractivity contribution is 0.433. The molecular formula is C7H13ClN2. The number of hydrogen-bond acceptors (Lipinski definition) is 2. The highest BCUT2D eigenvalue weighted by molar-refractivity contribution is 6.22. The molecule has 0 saturated carbocycles. The molecule has 0 aliphatic rings. The summed E-state index contributed by atoms with van der Waals surface area (Å²) in [7, 11) is 0. The van der Waals surface area contributed by atoms with Crippen molar-refractivity contribution in [1.29, 1.82) is 5.26 Å². The molecular weight excluding hydrogens is 148 g/mol. The lowest BCUT2D eigenvalue weighted by atomic mass is 10.1. The average molecular weight is 161 g/mol. The lowest BCUT2D eigenvalue weighted by Crippen LogP contribution is -2.39. The number of halogens is 1. The molecule has 0 saturated heterocycles. The Labute approximate surface area is 67.2 Å². The molecule has 0 aliphatic carbocycles. The minimum absolute atomic E-state index is 0.0456. The fourth-order valence-electron chi connectivity index (χ4n) is 0.441. The molecule has 0 aliphatic heterocycles. The maximum absolute atomic E-state index is 8.31. The Balaban J connectivity index is 3.48. The van der Waals surface area contributed by atoms with Crippen LogP contribution in [0, 0.1) is 11.3 Å². The normalized spacial score (nSPS) is 14.3. The highest BCUT2D eigenvalue weighted by Gasteiger charge is 2.10. The van der Waals surface area contributed by atoms with E-state index in [0.29, 0.717) is 6.54 Å². The molecule has 2 nitrogen and oxygen atoms in total. The molecule has 10 heavy (non-hydrogen) atoms. The summed E-state index contributed by atoms with van der Waals surface area (Å²) in [6.07, 6.45) is 0. The van der Waals surface area contributed by atoms with E-state index >= 15 is 0 Å². The standard InChI is InChI=1S/C7H13ClN2/c1-7(2,3)10-5-6(8)4-9/h6,10H,5H2,1-3H3. The molecule has 0 heterocycles. The Morgan fingerprint density at radius 1 is 1.60 bits per heavy atom. The summed E-state index contributed by atoms with van der Waals surface area (Å²) in [6, 6.07) is 1.94. The zero-order valence-electron chi connectivity index (χ0n) is 6.61. The van der Waals surface area contributed by atoms with Gasteiger partial charge in [-0.25, -0.2) is 0 Å². The molecule has 3 heteroatoms. The van der Waals surface area contributed by atoms with Gasteiger partial charge >= 0.3 is 0 Å². The molecule has 1 N–H and O–H groups in total. The smallest absolute Gasteiger partial charge is 0.132 e. The first kappa shape index (κ1) is 9.74. The number of hydrogen-bond donors (Lipinski definition) is 1. The van der Waals surface area contributed by atoms with Crippen LogP contribution in [0.1, 0.15) is 20.8 Å². The van der Waals surface area contributed by atoms with E-state index in [1.807, 2.05) is 26.8 Å². The summed E-state index contributed by atoms with van der Waals surface area (Å²) in [5.74, 6) is 0. The Kier molecular flexibility index (Phi) is 3.70. The van der Waals surface area contributed by atoms with Crippen LogP contribution in [0.4, 0.5) is 0 Å². The first-order valence-corrected chi connectivity index (χ1v) is 3.68. The zero-order chi connectivity index (χ0) is 8.20. The Morgan fingerprint density at radius 3 is 2.40 bits per heavy atom. The third-order valence-electron chi connectivity index (χ3n) is 0.952. The highest BCUT2D eigenvalue weighted by Crippen LogP contribution is 2.00. The Morgan fingerprint density at radius 2 is 2.10 bits per heavy atom. The van der Waals surface area contributed by atoms with E-state index in [1.165, 1.54) is 0 Å². The summed E-state index contributed by atoms with van der Waals surface area (Å²) in [4.78, 5) is 0. The fraction of sp³-hybridized carbons (Fsp3) is 0.857. The minimum Gasteiger partial charge on any atom is -0.310 e. The largest absolute Gasteiger partial charge is 0.310 e. The van der Waals surface area contributed by atoms with E-state index in [4.69, 9.17) is 16.9 Å². The second kappa shape index (κ2) is 3.80. The van der Waals surface area contributed by atoms with Crippen molar-refractivity contribution in [3.63, 3.8) is 0 Å². The zero-order valence-corrected chi connectivity index (χ0v) is 7.37. The molecule has 0 spiro atoms. The first-order valence-electron chi connectivity index (χ1n) is 3.24. The predicted octanol–water partition coefficient (Wildman–Crippen LogP) is 1.51. The van der Waals surface area contributed by atoms with E-state index in [0.717, 1.165) is 0 Å². The fourth-order valence-corrected chi connectivity index (χ4v) is 0.519. The van der Waals surface area contributed by atoms with Gasteiger partial charge in [-0.15, -0.1) is 11.6 Å². The molecule has 0 aromatic heterocycles. The van der Waals surface area contributed by atoms with Gasteiger partial charge < -0.3 is 5.32 Å². The van der Waals surface area contributed by atoms with Crippen molar-refractivity contribution in [2.45, 2.75) is 31.7 Å². The molecule has 0 aromatic rings. The van der Waals surface area contributed by atoms with Gasteiger partial charge in [0.2, 0.25) is 0 Å². The first-order chi connectivity index (χ1) is 4.45. The van der Waals surface area contributed by atoms with Gasteiger partial charge in [0.1, 0.15) is 5.38 Å². The van der Waals surface area contributed by atoms with Gasteiger partial charge in [-0.3, -0.25) is 0 Å². The van der Waals surface area contributed by atoms with Gasteiger partial charge in [0, 0.05) is 12.1 Å². The molecule has 0 fully saturated rings. The van der Waals surface area contributed by atoms with Crippen LogP contribution in [-0.4, -0.2) is 17.5 Å². The summed E-state index contributed by atoms with van der Waals surface area (Å²) >= 11 is 5.55. The van der Waals surface area contributed by atoms with E-state index in [9.17, 15) is 0 Å². The van der Waals surface area contributed by atoms with Gasteiger partial charge in [-0.1, -0.05) is 0 Å². The lowest BCUT2D eigenvalue weighted by Gasteiger charge is -2.20. The molecule has 0 bridgehead atoms. The van der Waals surface area contributed by atoms with Crippen LogP contribution in [0.15, 0.2) is 0 Å². The van der Waals surface area contributed by atoms with Gasteiger partial charge in [0.25, 0.3) is 0 Å². The third-order valence-corrected chi connectivity index (χ3v) is 1.20. The predicted molar refractivity (Wildman–Crippen MR) is 43.0 cm³/mol. The molecule has 1 atom stereocenters. The minimum atomic E-state index is -0.417. The van der Waals surface area contributed by atoms with Crippen LogP contribution in [0.2, 0.25) is 0 Å².